The first-order valence-electron chi connectivity index (χ1n) is 12.0. The largest absolute Gasteiger partial charge is 0.378 e. The van der Waals surface area contributed by atoms with Gasteiger partial charge in [-0.25, -0.2) is 0 Å². The molecule has 1 saturated heterocycles. The summed E-state index contributed by atoms with van der Waals surface area (Å²) in [7, 11) is 1.84. The van der Waals surface area contributed by atoms with Crippen LogP contribution >= 0.6 is 0 Å². The maximum absolute atomic E-state index is 13.0. The topological polar surface area (TPSA) is 96.8 Å². The first kappa shape index (κ1) is 23.9. The van der Waals surface area contributed by atoms with Crippen LogP contribution in [-0.2, 0) is 47.3 Å². The van der Waals surface area contributed by atoms with Crippen molar-refractivity contribution in [3.8, 4) is 0 Å². The van der Waals surface area contributed by atoms with E-state index in [0.717, 1.165) is 23.2 Å². The van der Waals surface area contributed by atoms with E-state index in [9.17, 15) is 14.4 Å². The third-order valence-electron chi connectivity index (χ3n) is 6.58. The molecule has 1 fully saturated rings. The second-order valence-corrected chi connectivity index (χ2v) is 8.81. The molecule has 2 aliphatic rings. The molecule has 0 atom stereocenters. The molecular weight excluding hydrogens is 434 g/mol. The van der Waals surface area contributed by atoms with Crippen molar-refractivity contribution in [2.75, 3.05) is 32.8 Å². The Morgan fingerprint density at radius 3 is 2.41 bits per heavy atom. The Morgan fingerprint density at radius 2 is 1.71 bits per heavy atom. The number of carbonyl (C=O) groups is 3. The number of nitrogens with one attached hydrogen (secondary N) is 1. The molecule has 2 aromatic rings. The zero-order valence-electron chi connectivity index (χ0n) is 20.0. The zero-order valence-corrected chi connectivity index (χ0v) is 20.0. The number of ether oxygens (including phenoxy) is 1. The van der Waals surface area contributed by atoms with Gasteiger partial charge in [0.05, 0.1) is 13.2 Å². The molecule has 0 unspecified atom stereocenters. The van der Waals surface area contributed by atoms with Crippen molar-refractivity contribution in [3.05, 3.63) is 52.3 Å². The lowest BCUT2D eigenvalue weighted by Gasteiger charge is -2.29. The van der Waals surface area contributed by atoms with Crippen molar-refractivity contribution in [1.29, 1.82) is 0 Å². The van der Waals surface area contributed by atoms with Gasteiger partial charge in [0.25, 0.3) is 5.91 Å². The van der Waals surface area contributed by atoms with Gasteiger partial charge in [0.2, 0.25) is 11.8 Å². The average Bonchev–Trinajstić information content (AvgIpc) is 3.22. The molecule has 3 heterocycles. The fourth-order valence-corrected chi connectivity index (χ4v) is 4.45. The second-order valence-electron chi connectivity index (χ2n) is 8.81. The summed E-state index contributed by atoms with van der Waals surface area (Å²) in [6, 6.07) is 8.15. The van der Waals surface area contributed by atoms with E-state index < -0.39 is 0 Å². The summed E-state index contributed by atoms with van der Waals surface area (Å²) in [6.07, 6.45) is 1.90. The number of benzene rings is 1. The van der Waals surface area contributed by atoms with Crippen LogP contribution in [-0.4, -0.2) is 70.1 Å². The molecule has 0 spiro atoms. The molecule has 2 aliphatic heterocycles. The van der Waals surface area contributed by atoms with E-state index >= 15 is 0 Å². The molecule has 4 rings (SSSR count). The van der Waals surface area contributed by atoms with Crippen LogP contribution < -0.4 is 5.32 Å². The van der Waals surface area contributed by atoms with Crippen LogP contribution in [0.1, 0.15) is 52.6 Å². The summed E-state index contributed by atoms with van der Waals surface area (Å²) in [5.74, 6) is -0.335. The van der Waals surface area contributed by atoms with E-state index in [-0.39, 0.29) is 30.6 Å². The SMILES string of the molecule is CCc1ccc(CNC(=O)CCC(=O)N2CCc3c(c(C(=O)N4CCOCC4)nn3C)C2)cc1. The Labute approximate surface area is 200 Å². The van der Waals surface area contributed by atoms with E-state index in [0.29, 0.717) is 58.1 Å². The van der Waals surface area contributed by atoms with Gasteiger partial charge in [-0.1, -0.05) is 31.2 Å². The van der Waals surface area contributed by atoms with Crippen LogP contribution in [0, 0.1) is 0 Å². The maximum Gasteiger partial charge on any atom is 0.274 e. The summed E-state index contributed by atoms with van der Waals surface area (Å²) >= 11 is 0. The molecule has 1 aromatic carbocycles. The number of hydrogen-bond donors (Lipinski definition) is 1. The quantitative estimate of drug-likeness (QED) is 0.665. The number of amides is 3. The first-order valence-corrected chi connectivity index (χ1v) is 12.0. The van der Waals surface area contributed by atoms with Crippen molar-refractivity contribution in [2.24, 2.45) is 7.05 Å². The van der Waals surface area contributed by atoms with E-state index in [1.165, 1.54) is 5.56 Å². The highest BCUT2D eigenvalue weighted by Crippen LogP contribution is 2.24. The van der Waals surface area contributed by atoms with Gasteiger partial charge in [0.1, 0.15) is 0 Å². The molecule has 0 saturated carbocycles. The minimum absolute atomic E-state index is 0.0817. The minimum atomic E-state index is -0.143. The maximum atomic E-state index is 13.0. The Balaban J connectivity index is 1.30. The first-order chi connectivity index (χ1) is 16.5. The Kier molecular flexibility index (Phi) is 7.62. The lowest BCUT2D eigenvalue weighted by molar-refractivity contribution is -0.134. The molecule has 0 aliphatic carbocycles. The molecule has 1 N–H and O–H groups in total. The van der Waals surface area contributed by atoms with Gasteiger partial charge in [-0.2, -0.15) is 5.10 Å². The zero-order chi connectivity index (χ0) is 24.1. The highest BCUT2D eigenvalue weighted by atomic mass is 16.5. The molecule has 34 heavy (non-hydrogen) atoms. The van der Waals surface area contributed by atoms with Crippen molar-refractivity contribution in [2.45, 2.75) is 45.7 Å². The Bertz CT molecular complexity index is 1040. The van der Waals surface area contributed by atoms with Gasteiger partial charge in [-0.05, 0) is 17.5 Å². The number of hydrogen-bond acceptors (Lipinski definition) is 5. The van der Waals surface area contributed by atoms with E-state index in [2.05, 4.69) is 29.5 Å². The molecule has 3 amide bonds. The fourth-order valence-electron chi connectivity index (χ4n) is 4.45. The molecule has 1 aromatic heterocycles. The lowest BCUT2D eigenvalue weighted by Crippen LogP contribution is -2.42. The average molecular weight is 468 g/mol. The number of rotatable bonds is 7. The fraction of sp³-hybridized carbons (Fsp3) is 0.520. The third-order valence-corrected chi connectivity index (χ3v) is 6.58. The summed E-state index contributed by atoms with van der Waals surface area (Å²) in [4.78, 5) is 41.7. The minimum Gasteiger partial charge on any atom is -0.378 e. The van der Waals surface area contributed by atoms with Crippen LogP contribution in [0.5, 0.6) is 0 Å². The monoisotopic (exact) mass is 467 g/mol. The summed E-state index contributed by atoms with van der Waals surface area (Å²) in [6.45, 7) is 5.60. The smallest absolute Gasteiger partial charge is 0.274 e. The number of nitrogens with zero attached hydrogens (tertiary/aromatic N) is 4. The highest BCUT2D eigenvalue weighted by Gasteiger charge is 2.31. The van der Waals surface area contributed by atoms with Gasteiger partial charge in [0.15, 0.2) is 5.69 Å². The van der Waals surface area contributed by atoms with Gasteiger partial charge < -0.3 is 19.9 Å². The Hall–Kier alpha value is -3.20. The molecule has 9 heteroatoms. The summed E-state index contributed by atoms with van der Waals surface area (Å²) in [5, 5.41) is 7.37. The van der Waals surface area contributed by atoms with Gasteiger partial charge in [-0.15, -0.1) is 0 Å². The third kappa shape index (κ3) is 5.47. The number of aryl methyl sites for hydroxylation is 2. The number of fused-ring (bicyclic) bond motifs is 1. The standard InChI is InChI=1S/C25H33N5O4/c1-3-18-4-6-19(7-5-18)16-26-22(31)8-9-23(32)30-11-10-21-20(17-30)24(27-28(21)2)25(33)29-12-14-34-15-13-29/h4-7H,3,8-17H2,1-2H3,(H,26,31). The molecule has 0 bridgehead atoms. The van der Waals surface area contributed by atoms with E-state index in [1.54, 1.807) is 14.5 Å². The number of aromatic nitrogens is 2. The predicted octanol–water partition coefficient (Wildman–Crippen LogP) is 1.44. The van der Waals surface area contributed by atoms with Crippen LogP contribution in [0.15, 0.2) is 24.3 Å². The van der Waals surface area contributed by atoms with E-state index in [1.807, 2.05) is 19.2 Å². The van der Waals surface area contributed by atoms with Crippen LogP contribution in [0.4, 0.5) is 0 Å². The second kappa shape index (κ2) is 10.8. The highest BCUT2D eigenvalue weighted by molar-refractivity contribution is 5.94. The van der Waals surface area contributed by atoms with Gasteiger partial charge in [-0.3, -0.25) is 19.1 Å². The van der Waals surface area contributed by atoms with Crippen molar-refractivity contribution in [1.82, 2.24) is 24.9 Å². The number of carbonyl (C=O) groups excluding carboxylic acids is 3. The Morgan fingerprint density at radius 1 is 1.00 bits per heavy atom. The van der Waals surface area contributed by atoms with Crippen LogP contribution in [0.2, 0.25) is 0 Å². The van der Waals surface area contributed by atoms with E-state index in [4.69, 9.17) is 4.74 Å². The molecule has 182 valence electrons. The molecule has 9 nitrogen and oxygen atoms in total. The lowest BCUT2D eigenvalue weighted by atomic mass is 10.0. The van der Waals surface area contributed by atoms with Crippen molar-refractivity contribution in [3.63, 3.8) is 0 Å². The molecular formula is C25H33N5O4. The molecule has 0 radical (unpaired) electrons. The summed E-state index contributed by atoms with van der Waals surface area (Å²) in [5.41, 5.74) is 4.53. The summed E-state index contributed by atoms with van der Waals surface area (Å²) < 4.78 is 7.10. The van der Waals surface area contributed by atoms with Gasteiger partial charge >= 0.3 is 0 Å². The van der Waals surface area contributed by atoms with Gasteiger partial charge in [0, 0.05) is 70.3 Å². The van der Waals surface area contributed by atoms with Crippen LogP contribution in [0.3, 0.4) is 0 Å². The van der Waals surface area contributed by atoms with Crippen molar-refractivity contribution >= 4 is 17.7 Å². The normalized spacial score (nSPS) is 15.7. The van der Waals surface area contributed by atoms with Crippen LogP contribution in [0.25, 0.3) is 0 Å². The predicted molar refractivity (Wildman–Crippen MR) is 126 cm³/mol. The number of morpholine rings is 1. The van der Waals surface area contributed by atoms with Crippen molar-refractivity contribution < 1.29 is 19.1 Å².